The monoisotopic (exact) mass is 260 g/mol. The van der Waals surface area contributed by atoms with Crippen LogP contribution in [0.3, 0.4) is 0 Å². The van der Waals surface area contributed by atoms with Crippen LogP contribution in [0, 0.1) is 12.8 Å². The minimum absolute atomic E-state index is 0.627. The molecule has 1 aliphatic rings. The third-order valence-electron chi connectivity index (χ3n) is 3.96. The first-order valence-corrected chi connectivity index (χ1v) is 7.66. The highest BCUT2D eigenvalue weighted by atomic mass is 32.1. The van der Waals surface area contributed by atoms with Gasteiger partial charge >= 0.3 is 0 Å². The van der Waals surface area contributed by atoms with Gasteiger partial charge in [-0.25, -0.2) is 4.98 Å². The number of thiazole rings is 1. The van der Waals surface area contributed by atoms with Gasteiger partial charge < -0.3 is 5.32 Å². The Morgan fingerprint density at radius 2 is 2.00 bits per heavy atom. The molecule has 0 radical (unpaired) electrons. The molecule has 1 aromatic carbocycles. The molecule has 96 valence electrons. The molecule has 0 amide bonds. The molecule has 2 aromatic rings. The highest BCUT2D eigenvalue weighted by molar-refractivity contribution is 7.22. The van der Waals surface area contributed by atoms with Crippen LogP contribution in [-0.2, 0) is 0 Å². The minimum Gasteiger partial charge on any atom is -0.359 e. The van der Waals surface area contributed by atoms with Crippen molar-refractivity contribution in [2.75, 3.05) is 5.32 Å². The molecular formula is C15H20N2S. The van der Waals surface area contributed by atoms with E-state index in [-0.39, 0.29) is 0 Å². The van der Waals surface area contributed by atoms with Gasteiger partial charge in [0.25, 0.3) is 0 Å². The number of hydrogen-bond donors (Lipinski definition) is 1. The van der Waals surface area contributed by atoms with Crippen LogP contribution in [0.2, 0.25) is 0 Å². The number of anilines is 1. The van der Waals surface area contributed by atoms with Gasteiger partial charge in [0.15, 0.2) is 5.13 Å². The molecule has 0 atom stereocenters. The second kappa shape index (κ2) is 4.88. The average molecular weight is 260 g/mol. The summed E-state index contributed by atoms with van der Waals surface area (Å²) in [4.78, 5) is 4.73. The third-order valence-corrected chi connectivity index (χ3v) is 4.92. The first-order valence-electron chi connectivity index (χ1n) is 6.85. The Morgan fingerprint density at radius 1 is 1.22 bits per heavy atom. The van der Waals surface area contributed by atoms with Crippen LogP contribution in [-0.4, -0.2) is 11.0 Å². The van der Waals surface area contributed by atoms with E-state index >= 15 is 0 Å². The molecular weight excluding hydrogens is 240 g/mol. The van der Waals surface area contributed by atoms with Crippen molar-refractivity contribution < 1.29 is 0 Å². The summed E-state index contributed by atoms with van der Waals surface area (Å²) in [6.45, 7) is 4.49. The molecule has 1 aliphatic carbocycles. The molecule has 0 aliphatic heterocycles. The van der Waals surface area contributed by atoms with Crippen molar-refractivity contribution >= 4 is 26.7 Å². The van der Waals surface area contributed by atoms with E-state index in [1.807, 2.05) is 0 Å². The van der Waals surface area contributed by atoms with E-state index < -0.39 is 0 Å². The van der Waals surface area contributed by atoms with Crippen molar-refractivity contribution in [1.82, 2.24) is 4.98 Å². The van der Waals surface area contributed by atoms with E-state index in [0.29, 0.717) is 6.04 Å². The quantitative estimate of drug-likeness (QED) is 0.854. The molecule has 18 heavy (non-hydrogen) atoms. The largest absolute Gasteiger partial charge is 0.359 e. The number of hydrogen-bond acceptors (Lipinski definition) is 3. The first-order chi connectivity index (χ1) is 8.72. The molecule has 0 bridgehead atoms. The summed E-state index contributed by atoms with van der Waals surface area (Å²) >= 11 is 1.78. The van der Waals surface area contributed by atoms with Gasteiger partial charge in [-0.05, 0) is 50.2 Å². The highest BCUT2D eigenvalue weighted by Crippen LogP contribution is 2.31. The molecule has 1 heterocycles. The van der Waals surface area contributed by atoms with Gasteiger partial charge in [-0.3, -0.25) is 0 Å². The maximum Gasteiger partial charge on any atom is 0.184 e. The van der Waals surface area contributed by atoms with Gasteiger partial charge in [0.1, 0.15) is 0 Å². The van der Waals surface area contributed by atoms with Gasteiger partial charge in [-0.1, -0.05) is 30.4 Å². The van der Waals surface area contributed by atoms with Crippen LogP contribution < -0.4 is 5.32 Å². The van der Waals surface area contributed by atoms with Crippen molar-refractivity contribution in [2.45, 2.75) is 45.6 Å². The number of aromatic nitrogens is 1. The van der Waals surface area contributed by atoms with Gasteiger partial charge in [-0.15, -0.1) is 0 Å². The molecule has 0 spiro atoms. The van der Waals surface area contributed by atoms with E-state index in [1.54, 1.807) is 11.3 Å². The summed E-state index contributed by atoms with van der Waals surface area (Å²) in [7, 11) is 0. The summed E-state index contributed by atoms with van der Waals surface area (Å²) in [6, 6.07) is 7.03. The molecule has 0 saturated heterocycles. The zero-order valence-electron chi connectivity index (χ0n) is 11.1. The van der Waals surface area contributed by atoms with Crippen LogP contribution in [0.1, 0.15) is 38.2 Å². The molecule has 3 rings (SSSR count). The summed E-state index contributed by atoms with van der Waals surface area (Å²) in [5.41, 5.74) is 2.43. The summed E-state index contributed by atoms with van der Waals surface area (Å²) in [5.74, 6) is 0.903. The third kappa shape index (κ3) is 2.37. The Kier molecular flexibility index (Phi) is 3.25. The van der Waals surface area contributed by atoms with Gasteiger partial charge in [0, 0.05) is 6.04 Å². The van der Waals surface area contributed by atoms with E-state index in [0.717, 1.165) is 16.6 Å². The molecule has 2 nitrogen and oxygen atoms in total. The average Bonchev–Trinajstić information content (AvgIpc) is 2.76. The van der Waals surface area contributed by atoms with Crippen LogP contribution >= 0.6 is 11.3 Å². The lowest BCUT2D eigenvalue weighted by molar-refractivity contribution is 0.361. The maximum absolute atomic E-state index is 4.73. The summed E-state index contributed by atoms with van der Waals surface area (Å²) in [6.07, 6.45) is 5.27. The standard InChI is InChI=1S/C15H20N2S/c1-10-6-8-12(9-7-10)16-15-17-14-11(2)4-3-5-13(14)18-15/h3-5,10,12H,6-9H2,1-2H3,(H,16,17). The molecule has 3 heteroatoms. The number of para-hydroxylation sites is 1. The molecule has 1 aromatic heterocycles. The normalized spacial score (nSPS) is 24.3. The van der Waals surface area contributed by atoms with Gasteiger partial charge in [-0.2, -0.15) is 0 Å². The predicted molar refractivity (Wildman–Crippen MR) is 79.4 cm³/mol. The lowest BCUT2D eigenvalue weighted by Gasteiger charge is -2.26. The number of nitrogens with zero attached hydrogens (tertiary/aromatic N) is 1. The van der Waals surface area contributed by atoms with Crippen LogP contribution in [0.15, 0.2) is 18.2 Å². The predicted octanol–water partition coefficient (Wildman–Crippen LogP) is 4.60. The zero-order valence-corrected chi connectivity index (χ0v) is 11.9. The number of nitrogens with one attached hydrogen (secondary N) is 1. The van der Waals surface area contributed by atoms with Crippen molar-refractivity contribution in [1.29, 1.82) is 0 Å². The number of rotatable bonds is 2. The minimum atomic E-state index is 0.627. The van der Waals surface area contributed by atoms with Crippen molar-refractivity contribution in [3.05, 3.63) is 23.8 Å². The SMILES string of the molecule is Cc1cccc2sc(NC3CCC(C)CC3)nc12. The zero-order chi connectivity index (χ0) is 12.5. The Bertz CT molecular complexity index is 538. The van der Waals surface area contributed by atoms with Crippen molar-refractivity contribution in [3.63, 3.8) is 0 Å². The van der Waals surface area contributed by atoms with E-state index in [2.05, 4.69) is 37.4 Å². The fourth-order valence-corrected chi connectivity index (χ4v) is 3.75. The van der Waals surface area contributed by atoms with Crippen LogP contribution in [0.25, 0.3) is 10.2 Å². The first kappa shape index (κ1) is 12.0. The topological polar surface area (TPSA) is 24.9 Å². The summed E-state index contributed by atoms with van der Waals surface area (Å²) < 4.78 is 1.29. The second-order valence-electron chi connectivity index (χ2n) is 5.54. The van der Waals surface area contributed by atoms with Crippen LogP contribution in [0.5, 0.6) is 0 Å². The molecule has 1 N–H and O–H groups in total. The molecule has 0 unspecified atom stereocenters. The van der Waals surface area contributed by atoms with Crippen molar-refractivity contribution in [3.8, 4) is 0 Å². The van der Waals surface area contributed by atoms with Gasteiger partial charge in [0.05, 0.1) is 10.2 Å². The van der Waals surface area contributed by atoms with E-state index in [4.69, 9.17) is 4.98 Å². The number of fused-ring (bicyclic) bond motifs is 1. The van der Waals surface area contributed by atoms with Crippen LogP contribution in [0.4, 0.5) is 5.13 Å². The molecule has 1 saturated carbocycles. The Morgan fingerprint density at radius 3 is 2.72 bits per heavy atom. The lowest BCUT2D eigenvalue weighted by atomic mass is 9.87. The molecule has 1 fully saturated rings. The summed E-state index contributed by atoms with van der Waals surface area (Å²) in [5, 5.41) is 4.72. The lowest BCUT2D eigenvalue weighted by Crippen LogP contribution is -2.24. The van der Waals surface area contributed by atoms with Gasteiger partial charge in [0.2, 0.25) is 0 Å². The smallest absolute Gasteiger partial charge is 0.184 e. The maximum atomic E-state index is 4.73. The second-order valence-corrected chi connectivity index (χ2v) is 6.57. The van der Waals surface area contributed by atoms with E-state index in [1.165, 1.54) is 35.9 Å². The fourth-order valence-electron chi connectivity index (χ4n) is 2.73. The number of benzene rings is 1. The highest BCUT2D eigenvalue weighted by Gasteiger charge is 2.19. The Labute approximate surface area is 112 Å². The van der Waals surface area contributed by atoms with Crippen molar-refractivity contribution in [2.24, 2.45) is 5.92 Å². The Balaban J connectivity index is 1.77. The fraction of sp³-hybridized carbons (Fsp3) is 0.533. The Hall–Kier alpha value is -1.09. The number of aryl methyl sites for hydroxylation is 1. The van der Waals surface area contributed by atoms with E-state index in [9.17, 15) is 0 Å².